The molecule has 0 atom stereocenters. The van der Waals surface area contributed by atoms with Gasteiger partial charge in [-0.25, -0.2) is 0 Å². The topological polar surface area (TPSA) is 12.9 Å². The molecular weight excluding hydrogens is 249 g/mol. The molecule has 1 aromatic rings. The van der Waals surface area contributed by atoms with E-state index in [1.54, 1.807) is 0 Å². The molecule has 0 unspecified atom stereocenters. The third kappa shape index (κ3) is 2.77. The summed E-state index contributed by atoms with van der Waals surface area (Å²) in [6.07, 6.45) is 2.94. The summed E-state index contributed by atoms with van der Waals surface area (Å²) in [5, 5.41) is 0. The highest BCUT2D eigenvalue weighted by molar-refractivity contribution is 14.1. The van der Waals surface area contributed by atoms with Crippen molar-refractivity contribution < 1.29 is 0 Å². The molecule has 2 heteroatoms. The first-order valence-electron chi connectivity index (χ1n) is 3.79. The van der Waals surface area contributed by atoms with Crippen LogP contribution < -0.4 is 0 Å². The molecule has 0 radical (unpaired) electrons. The van der Waals surface area contributed by atoms with E-state index in [2.05, 4.69) is 47.5 Å². The van der Waals surface area contributed by atoms with Crippen LogP contribution in [0.5, 0.6) is 0 Å². The van der Waals surface area contributed by atoms with Crippen LogP contribution in [0.3, 0.4) is 0 Å². The molecule has 60 valence electrons. The zero-order chi connectivity index (χ0) is 8.27. The molecule has 1 heterocycles. The number of pyridine rings is 1. The molecule has 0 amide bonds. The Morgan fingerprint density at radius 1 is 1.55 bits per heavy atom. The zero-order valence-electron chi connectivity index (χ0n) is 6.84. The van der Waals surface area contributed by atoms with Crippen molar-refractivity contribution in [3.8, 4) is 0 Å². The fraction of sp³-hybridized carbons (Fsp3) is 0.444. The van der Waals surface area contributed by atoms with Crippen LogP contribution in [0.15, 0.2) is 18.3 Å². The van der Waals surface area contributed by atoms with Gasteiger partial charge in [-0.1, -0.05) is 13.8 Å². The quantitative estimate of drug-likeness (QED) is 0.746. The molecule has 0 saturated heterocycles. The van der Waals surface area contributed by atoms with Crippen molar-refractivity contribution in [2.75, 3.05) is 0 Å². The van der Waals surface area contributed by atoms with Crippen LogP contribution in [0.25, 0.3) is 0 Å². The average molecular weight is 261 g/mol. The van der Waals surface area contributed by atoms with E-state index in [1.807, 2.05) is 12.3 Å². The van der Waals surface area contributed by atoms with Gasteiger partial charge in [0.2, 0.25) is 0 Å². The van der Waals surface area contributed by atoms with Gasteiger partial charge in [-0.05, 0) is 47.1 Å². The predicted molar refractivity (Wildman–Crippen MR) is 55.5 cm³/mol. The van der Waals surface area contributed by atoms with Crippen molar-refractivity contribution in [3.05, 3.63) is 27.6 Å². The minimum atomic E-state index is 0.693. The van der Waals surface area contributed by atoms with Crippen LogP contribution in [0, 0.1) is 9.49 Å². The third-order valence-corrected chi connectivity index (χ3v) is 2.42. The van der Waals surface area contributed by atoms with Gasteiger partial charge in [0.25, 0.3) is 0 Å². The first-order valence-corrected chi connectivity index (χ1v) is 4.87. The molecular formula is C9H12IN. The number of hydrogen-bond donors (Lipinski definition) is 0. The lowest BCUT2D eigenvalue weighted by molar-refractivity contribution is 0.633. The van der Waals surface area contributed by atoms with Gasteiger partial charge in [-0.2, -0.15) is 0 Å². The minimum Gasteiger partial charge on any atom is -0.260 e. The fourth-order valence-electron chi connectivity index (χ4n) is 0.955. The molecule has 0 bridgehead atoms. The summed E-state index contributed by atoms with van der Waals surface area (Å²) in [5.74, 6) is 0.693. The number of halogens is 1. The highest BCUT2D eigenvalue weighted by Gasteiger charge is 2.01. The molecule has 0 aromatic carbocycles. The Hall–Kier alpha value is -0.120. The van der Waals surface area contributed by atoms with E-state index in [1.165, 1.54) is 9.26 Å². The van der Waals surface area contributed by atoms with Crippen molar-refractivity contribution in [1.29, 1.82) is 0 Å². The SMILES string of the molecule is CC(C)Cc1ncccc1I. The number of nitrogens with zero attached hydrogens (tertiary/aromatic N) is 1. The van der Waals surface area contributed by atoms with E-state index in [0.29, 0.717) is 5.92 Å². The average Bonchev–Trinajstić information content (AvgIpc) is 1.93. The summed E-state index contributed by atoms with van der Waals surface area (Å²) < 4.78 is 1.28. The van der Waals surface area contributed by atoms with Gasteiger partial charge in [0.15, 0.2) is 0 Å². The highest BCUT2D eigenvalue weighted by atomic mass is 127. The second-order valence-electron chi connectivity index (χ2n) is 3.03. The monoisotopic (exact) mass is 261 g/mol. The Bertz CT molecular complexity index is 233. The van der Waals surface area contributed by atoms with Gasteiger partial charge in [0.05, 0.1) is 5.69 Å². The van der Waals surface area contributed by atoms with Crippen LogP contribution >= 0.6 is 22.6 Å². The normalized spacial score (nSPS) is 10.5. The van der Waals surface area contributed by atoms with Gasteiger partial charge in [0, 0.05) is 9.77 Å². The van der Waals surface area contributed by atoms with Gasteiger partial charge < -0.3 is 0 Å². The van der Waals surface area contributed by atoms with Gasteiger partial charge in [-0.3, -0.25) is 4.98 Å². The molecule has 0 fully saturated rings. The Morgan fingerprint density at radius 2 is 2.27 bits per heavy atom. The van der Waals surface area contributed by atoms with Crippen LogP contribution in [0.2, 0.25) is 0 Å². The Balaban J connectivity index is 2.78. The molecule has 1 nitrogen and oxygen atoms in total. The van der Waals surface area contributed by atoms with Crippen molar-refractivity contribution in [2.24, 2.45) is 5.92 Å². The smallest absolute Gasteiger partial charge is 0.0539 e. The summed E-state index contributed by atoms with van der Waals surface area (Å²) in [5.41, 5.74) is 1.23. The highest BCUT2D eigenvalue weighted by Crippen LogP contribution is 2.12. The third-order valence-electron chi connectivity index (χ3n) is 1.44. The van der Waals surface area contributed by atoms with E-state index in [0.717, 1.165) is 6.42 Å². The van der Waals surface area contributed by atoms with Gasteiger partial charge in [-0.15, -0.1) is 0 Å². The molecule has 1 rings (SSSR count). The van der Waals surface area contributed by atoms with E-state index >= 15 is 0 Å². The standard InChI is InChI=1S/C9H12IN/c1-7(2)6-9-8(10)4-3-5-11-9/h3-5,7H,6H2,1-2H3. The lowest BCUT2D eigenvalue weighted by Gasteiger charge is -2.04. The van der Waals surface area contributed by atoms with Crippen LogP contribution in [-0.2, 0) is 6.42 Å². The van der Waals surface area contributed by atoms with Crippen molar-refractivity contribution in [3.63, 3.8) is 0 Å². The summed E-state index contributed by atoms with van der Waals surface area (Å²) in [6, 6.07) is 4.08. The molecule has 0 aliphatic carbocycles. The molecule has 1 aromatic heterocycles. The summed E-state index contributed by atoms with van der Waals surface area (Å²) in [6.45, 7) is 4.43. The maximum Gasteiger partial charge on any atom is 0.0539 e. The lowest BCUT2D eigenvalue weighted by atomic mass is 10.1. The summed E-state index contributed by atoms with van der Waals surface area (Å²) >= 11 is 2.33. The molecule has 0 saturated carbocycles. The lowest BCUT2D eigenvalue weighted by Crippen LogP contribution is -1.98. The molecule has 0 aliphatic rings. The summed E-state index contributed by atoms with van der Waals surface area (Å²) in [7, 11) is 0. The van der Waals surface area contributed by atoms with Gasteiger partial charge in [0.1, 0.15) is 0 Å². The first kappa shape index (κ1) is 8.97. The second-order valence-corrected chi connectivity index (χ2v) is 4.19. The molecule has 0 aliphatic heterocycles. The van der Waals surface area contributed by atoms with Crippen LogP contribution in [-0.4, -0.2) is 4.98 Å². The fourth-order valence-corrected chi connectivity index (χ4v) is 1.52. The first-order chi connectivity index (χ1) is 5.20. The summed E-state index contributed by atoms with van der Waals surface area (Å²) in [4.78, 5) is 4.31. The predicted octanol–water partition coefficient (Wildman–Crippen LogP) is 2.88. The minimum absolute atomic E-state index is 0.693. The second kappa shape index (κ2) is 4.04. The number of rotatable bonds is 2. The maximum atomic E-state index is 4.31. The number of hydrogen-bond acceptors (Lipinski definition) is 1. The van der Waals surface area contributed by atoms with Crippen LogP contribution in [0.1, 0.15) is 19.5 Å². The van der Waals surface area contributed by atoms with E-state index in [4.69, 9.17) is 0 Å². The molecule has 0 spiro atoms. The molecule has 0 N–H and O–H groups in total. The zero-order valence-corrected chi connectivity index (χ0v) is 9.00. The van der Waals surface area contributed by atoms with Crippen LogP contribution in [0.4, 0.5) is 0 Å². The Kier molecular flexibility index (Phi) is 3.30. The maximum absolute atomic E-state index is 4.31. The van der Waals surface area contributed by atoms with E-state index in [9.17, 15) is 0 Å². The van der Waals surface area contributed by atoms with Crippen molar-refractivity contribution >= 4 is 22.6 Å². The molecule has 11 heavy (non-hydrogen) atoms. The largest absolute Gasteiger partial charge is 0.260 e. The van der Waals surface area contributed by atoms with Gasteiger partial charge >= 0.3 is 0 Å². The number of aromatic nitrogens is 1. The Morgan fingerprint density at radius 3 is 2.82 bits per heavy atom. The van der Waals surface area contributed by atoms with E-state index in [-0.39, 0.29) is 0 Å². The van der Waals surface area contributed by atoms with E-state index < -0.39 is 0 Å². The van der Waals surface area contributed by atoms with Crippen molar-refractivity contribution in [2.45, 2.75) is 20.3 Å². The van der Waals surface area contributed by atoms with Crippen molar-refractivity contribution in [1.82, 2.24) is 4.98 Å². The Labute approximate surface area is 81.4 Å².